The molecule has 0 spiro atoms. The van der Waals surface area contributed by atoms with Gasteiger partial charge in [-0.2, -0.15) is 18.4 Å². The maximum atomic E-state index is 12.5. The monoisotopic (exact) mass is 469 g/mol. The molecule has 0 radical (unpaired) electrons. The minimum absolute atomic E-state index is 0.0176. The third-order valence-electron chi connectivity index (χ3n) is 4.40. The Hall–Kier alpha value is -3.12. The van der Waals surface area contributed by atoms with Crippen LogP contribution in [-0.4, -0.2) is 44.4 Å². The maximum absolute atomic E-state index is 12.5. The number of ketones is 1. The maximum Gasteiger partial charge on any atom is 0.336 e. The third kappa shape index (κ3) is 5.52. The van der Waals surface area contributed by atoms with Gasteiger partial charge < -0.3 is 9.47 Å². The Morgan fingerprint density at radius 2 is 1.74 bits per heavy atom. The zero-order valence-corrected chi connectivity index (χ0v) is 18.4. The van der Waals surface area contributed by atoms with Gasteiger partial charge in [-0.05, 0) is 37.5 Å². The molecule has 0 aliphatic heterocycles. The van der Waals surface area contributed by atoms with Gasteiger partial charge in [0.25, 0.3) is 0 Å². The number of halogens is 1. The van der Waals surface area contributed by atoms with Crippen molar-refractivity contribution in [3.8, 4) is 11.8 Å². The quantitative estimate of drug-likeness (QED) is 0.499. The Labute approximate surface area is 183 Å². The Morgan fingerprint density at radius 1 is 1.13 bits per heavy atom. The van der Waals surface area contributed by atoms with E-state index in [2.05, 4.69) is 20.0 Å². The van der Waals surface area contributed by atoms with Crippen LogP contribution in [0.25, 0.3) is 0 Å². The summed E-state index contributed by atoms with van der Waals surface area (Å²) in [6, 6.07) is 3.22. The second-order valence-electron chi connectivity index (χ2n) is 6.67. The second-order valence-corrected chi connectivity index (χ2v) is 8.49. The van der Waals surface area contributed by atoms with Crippen molar-refractivity contribution >= 4 is 45.3 Å². The normalized spacial score (nSPS) is 13.3. The molecule has 1 aliphatic rings. The van der Waals surface area contributed by atoms with E-state index in [4.69, 9.17) is 21.1 Å². The summed E-state index contributed by atoms with van der Waals surface area (Å²) in [5, 5.41) is 2.45. The van der Waals surface area contributed by atoms with E-state index >= 15 is 0 Å². The third-order valence-corrected chi connectivity index (χ3v) is 5.74. The SMILES string of the molecule is COc1cc(OC)nc(NC(=O)NS(=O)(=O)Nc2c(C(=O)C3CC3)ccc(Cl)c2C)n1. The Kier molecular flexibility index (Phi) is 6.51. The number of hydrogen-bond acceptors (Lipinski definition) is 8. The summed E-state index contributed by atoms with van der Waals surface area (Å²) in [7, 11) is -1.72. The van der Waals surface area contributed by atoms with Gasteiger partial charge in [-0.1, -0.05) is 11.6 Å². The number of methoxy groups -OCH3 is 2. The molecule has 2 aromatic rings. The van der Waals surface area contributed by atoms with E-state index < -0.39 is 16.2 Å². The van der Waals surface area contributed by atoms with E-state index in [-0.39, 0.29) is 45.7 Å². The highest BCUT2D eigenvalue weighted by Crippen LogP contribution is 2.37. The molecule has 13 heteroatoms. The first-order valence-corrected chi connectivity index (χ1v) is 10.9. The molecule has 3 rings (SSSR count). The molecule has 31 heavy (non-hydrogen) atoms. The first kappa shape index (κ1) is 22.6. The lowest BCUT2D eigenvalue weighted by molar-refractivity contribution is 0.0968. The first-order chi connectivity index (χ1) is 14.6. The van der Waals surface area contributed by atoms with Crippen LogP contribution in [0.2, 0.25) is 5.02 Å². The summed E-state index contributed by atoms with van der Waals surface area (Å²) in [5.74, 6) is -0.367. The van der Waals surface area contributed by atoms with Gasteiger partial charge in [-0.3, -0.25) is 14.8 Å². The molecule has 1 aromatic heterocycles. The fourth-order valence-electron chi connectivity index (χ4n) is 2.67. The standard InChI is InChI=1S/C18H20ClN5O6S/c1-9-12(19)7-6-11(16(25)10-4-5-10)15(9)23-31(27,28)24-18(26)22-17-20-13(29-2)8-14(21-17)30-3/h6-8,10,23H,4-5H2,1-3H3,(H2,20,21,22,24,26). The van der Waals surface area contributed by atoms with E-state index in [9.17, 15) is 18.0 Å². The first-order valence-electron chi connectivity index (χ1n) is 9.05. The Morgan fingerprint density at radius 3 is 2.29 bits per heavy atom. The molecular formula is C18H20ClN5O6S. The van der Waals surface area contributed by atoms with Gasteiger partial charge in [0.1, 0.15) is 0 Å². The topological polar surface area (TPSA) is 149 Å². The molecule has 1 aromatic carbocycles. The van der Waals surface area contributed by atoms with Crippen molar-refractivity contribution in [2.75, 3.05) is 24.3 Å². The number of carbonyl (C=O) groups excluding carboxylic acids is 2. The summed E-state index contributed by atoms with van der Waals surface area (Å²) < 4.78 is 39.0. The predicted octanol–water partition coefficient (Wildman–Crippen LogP) is 2.53. The number of Topliss-reactive ketones (excluding diaryl/α,β-unsaturated/α-hetero) is 1. The molecule has 0 saturated heterocycles. The average molecular weight is 470 g/mol. The van der Waals surface area contributed by atoms with Crippen molar-refractivity contribution in [2.24, 2.45) is 5.92 Å². The predicted molar refractivity (Wildman–Crippen MR) is 113 cm³/mol. The van der Waals surface area contributed by atoms with E-state index in [0.29, 0.717) is 5.56 Å². The molecule has 0 atom stereocenters. The van der Waals surface area contributed by atoms with Crippen molar-refractivity contribution in [3.63, 3.8) is 0 Å². The molecular weight excluding hydrogens is 450 g/mol. The number of amides is 2. The minimum atomic E-state index is -4.43. The number of rotatable bonds is 8. The lowest BCUT2D eigenvalue weighted by atomic mass is 10.0. The average Bonchev–Trinajstić information content (AvgIpc) is 3.55. The molecule has 11 nitrogen and oxygen atoms in total. The van der Waals surface area contributed by atoms with Crippen molar-refractivity contribution in [2.45, 2.75) is 19.8 Å². The highest BCUT2D eigenvalue weighted by atomic mass is 35.5. The Balaban J connectivity index is 1.78. The fourth-order valence-corrected chi connectivity index (χ4v) is 3.70. The van der Waals surface area contributed by atoms with Crippen LogP contribution in [0.15, 0.2) is 18.2 Å². The molecule has 1 fully saturated rings. The molecule has 0 bridgehead atoms. The van der Waals surface area contributed by atoms with Crippen molar-refractivity contribution in [1.82, 2.24) is 14.7 Å². The van der Waals surface area contributed by atoms with Crippen LogP contribution in [0.4, 0.5) is 16.4 Å². The highest BCUT2D eigenvalue weighted by molar-refractivity contribution is 7.91. The van der Waals surface area contributed by atoms with Crippen LogP contribution in [0.3, 0.4) is 0 Å². The van der Waals surface area contributed by atoms with Gasteiger partial charge in [-0.25, -0.2) is 9.52 Å². The smallest absolute Gasteiger partial charge is 0.336 e. The van der Waals surface area contributed by atoms with Crippen LogP contribution in [-0.2, 0) is 10.2 Å². The van der Waals surface area contributed by atoms with Crippen molar-refractivity contribution in [1.29, 1.82) is 0 Å². The van der Waals surface area contributed by atoms with E-state index in [1.165, 1.54) is 32.4 Å². The fraction of sp³-hybridized carbons (Fsp3) is 0.333. The number of nitrogens with zero attached hydrogens (tertiary/aromatic N) is 2. The number of nitrogens with one attached hydrogen (secondary N) is 3. The zero-order chi connectivity index (χ0) is 22.8. The summed E-state index contributed by atoms with van der Waals surface area (Å²) in [5.41, 5.74) is 0.569. The van der Waals surface area contributed by atoms with Gasteiger partial charge in [0.05, 0.1) is 26.0 Å². The van der Waals surface area contributed by atoms with Crippen molar-refractivity contribution in [3.05, 3.63) is 34.3 Å². The Bertz CT molecular complexity index is 1110. The molecule has 2 amide bonds. The summed E-state index contributed by atoms with van der Waals surface area (Å²) in [6.07, 6.45) is 1.49. The molecule has 0 unspecified atom stereocenters. The van der Waals surface area contributed by atoms with Crippen LogP contribution >= 0.6 is 11.6 Å². The number of hydrogen-bond donors (Lipinski definition) is 3. The number of benzene rings is 1. The number of anilines is 2. The number of ether oxygens (including phenoxy) is 2. The van der Waals surface area contributed by atoms with E-state index in [1.807, 2.05) is 0 Å². The van der Waals surface area contributed by atoms with Gasteiger partial charge in [-0.15, -0.1) is 0 Å². The van der Waals surface area contributed by atoms with Crippen LogP contribution in [0, 0.1) is 12.8 Å². The van der Waals surface area contributed by atoms with Gasteiger partial charge in [0.2, 0.25) is 17.7 Å². The number of aromatic nitrogens is 2. The van der Waals surface area contributed by atoms with Crippen molar-refractivity contribution < 1.29 is 27.5 Å². The van der Waals surface area contributed by atoms with Crippen LogP contribution in [0.1, 0.15) is 28.8 Å². The summed E-state index contributed by atoms with van der Waals surface area (Å²) in [4.78, 5) is 32.5. The number of urea groups is 1. The largest absolute Gasteiger partial charge is 0.481 e. The van der Waals surface area contributed by atoms with E-state index in [1.54, 1.807) is 11.6 Å². The highest BCUT2D eigenvalue weighted by Gasteiger charge is 2.33. The lowest BCUT2D eigenvalue weighted by Crippen LogP contribution is -2.39. The molecule has 166 valence electrons. The second kappa shape index (κ2) is 8.94. The summed E-state index contributed by atoms with van der Waals surface area (Å²) in [6.45, 7) is 1.57. The minimum Gasteiger partial charge on any atom is -0.481 e. The zero-order valence-electron chi connectivity index (χ0n) is 16.9. The lowest BCUT2D eigenvalue weighted by Gasteiger charge is -2.16. The summed E-state index contributed by atoms with van der Waals surface area (Å²) >= 11 is 6.10. The van der Waals surface area contributed by atoms with Crippen LogP contribution < -0.4 is 24.2 Å². The van der Waals surface area contributed by atoms with E-state index in [0.717, 1.165) is 12.8 Å². The molecule has 1 heterocycles. The van der Waals surface area contributed by atoms with Crippen LogP contribution in [0.5, 0.6) is 11.8 Å². The molecule has 1 aliphatic carbocycles. The molecule has 3 N–H and O–H groups in total. The molecule has 1 saturated carbocycles. The van der Waals surface area contributed by atoms with Gasteiger partial charge >= 0.3 is 16.2 Å². The van der Waals surface area contributed by atoms with Gasteiger partial charge in [0, 0.05) is 16.5 Å². The van der Waals surface area contributed by atoms with Gasteiger partial charge in [0.15, 0.2) is 5.78 Å². The number of carbonyl (C=O) groups is 2.